The van der Waals surface area contributed by atoms with E-state index in [2.05, 4.69) is 5.32 Å². The summed E-state index contributed by atoms with van der Waals surface area (Å²) in [6.07, 6.45) is 1.35. The van der Waals surface area contributed by atoms with E-state index in [9.17, 15) is 9.59 Å². The molecule has 32 heavy (non-hydrogen) atoms. The molecular formula is C27H28N2O2S. The van der Waals surface area contributed by atoms with Crippen LogP contribution in [0.5, 0.6) is 0 Å². The largest absolute Gasteiger partial charge is 0.354 e. The van der Waals surface area contributed by atoms with Crippen LogP contribution in [0.3, 0.4) is 0 Å². The molecule has 0 aliphatic carbocycles. The molecule has 4 rings (SSSR count). The summed E-state index contributed by atoms with van der Waals surface area (Å²) in [5, 5.41) is 2.85. The quantitative estimate of drug-likeness (QED) is 0.511. The number of carbonyl (C=O) groups is 2. The molecule has 1 aliphatic heterocycles. The second-order valence-electron chi connectivity index (χ2n) is 8.12. The summed E-state index contributed by atoms with van der Waals surface area (Å²) in [7, 11) is 0. The Morgan fingerprint density at radius 2 is 1.53 bits per heavy atom. The Morgan fingerprint density at radius 3 is 2.22 bits per heavy atom. The molecule has 1 heterocycles. The fourth-order valence-electron chi connectivity index (χ4n) is 3.98. The van der Waals surface area contributed by atoms with E-state index in [-0.39, 0.29) is 23.0 Å². The van der Waals surface area contributed by atoms with Crippen molar-refractivity contribution in [2.45, 2.75) is 23.0 Å². The first kappa shape index (κ1) is 22.2. The molecular weight excluding hydrogens is 416 g/mol. The van der Waals surface area contributed by atoms with E-state index in [1.807, 2.05) is 95.9 Å². The molecule has 1 fully saturated rings. The Bertz CT molecular complexity index is 1010. The highest BCUT2D eigenvalue weighted by Gasteiger charge is 2.28. The molecule has 2 amide bonds. The predicted octanol–water partition coefficient (Wildman–Crippen LogP) is 4.73. The van der Waals surface area contributed by atoms with Crippen molar-refractivity contribution in [1.29, 1.82) is 0 Å². The van der Waals surface area contributed by atoms with Gasteiger partial charge in [-0.05, 0) is 35.6 Å². The number of benzene rings is 3. The van der Waals surface area contributed by atoms with E-state index < -0.39 is 0 Å². The summed E-state index contributed by atoms with van der Waals surface area (Å²) in [6, 6.07) is 29.8. The van der Waals surface area contributed by atoms with Gasteiger partial charge in [0, 0.05) is 24.5 Å². The lowest BCUT2D eigenvalue weighted by Gasteiger charge is -2.19. The number of hydrogen-bond acceptors (Lipinski definition) is 3. The zero-order valence-electron chi connectivity index (χ0n) is 18.0. The lowest BCUT2D eigenvalue weighted by molar-refractivity contribution is -0.129. The minimum atomic E-state index is -0.309. The van der Waals surface area contributed by atoms with Gasteiger partial charge in [0.1, 0.15) is 5.25 Å². The molecule has 4 nitrogen and oxygen atoms in total. The van der Waals surface area contributed by atoms with Crippen LogP contribution >= 0.6 is 11.8 Å². The Balaban J connectivity index is 1.32. The molecule has 1 aliphatic rings. The van der Waals surface area contributed by atoms with Gasteiger partial charge in [-0.3, -0.25) is 9.59 Å². The van der Waals surface area contributed by atoms with E-state index in [1.54, 1.807) is 11.8 Å². The van der Waals surface area contributed by atoms with Gasteiger partial charge < -0.3 is 10.2 Å². The number of hydrogen-bond donors (Lipinski definition) is 1. The zero-order valence-corrected chi connectivity index (χ0v) is 18.8. The maximum atomic E-state index is 13.1. The SMILES string of the molecule is O=C(NCC1CCN(C(=O)Cc2ccccc2)C1)C(Sc1ccccc1)c1ccccc1. The van der Waals surface area contributed by atoms with Gasteiger partial charge in [-0.1, -0.05) is 78.9 Å². The van der Waals surface area contributed by atoms with Crippen LogP contribution in [0, 0.1) is 5.92 Å². The van der Waals surface area contributed by atoms with Crippen LogP contribution in [0.15, 0.2) is 95.9 Å². The van der Waals surface area contributed by atoms with Gasteiger partial charge in [0.25, 0.3) is 0 Å². The monoisotopic (exact) mass is 444 g/mol. The Labute approximate surface area is 194 Å². The molecule has 0 spiro atoms. The molecule has 0 radical (unpaired) electrons. The van der Waals surface area contributed by atoms with Crippen molar-refractivity contribution >= 4 is 23.6 Å². The third-order valence-corrected chi connectivity index (χ3v) is 7.01. The molecule has 0 aromatic heterocycles. The Hall–Kier alpha value is -3.05. The van der Waals surface area contributed by atoms with Crippen LogP contribution in [0.1, 0.15) is 22.8 Å². The average molecular weight is 445 g/mol. The van der Waals surface area contributed by atoms with Gasteiger partial charge in [0.2, 0.25) is 11.8 Å². The standard InChI is InChI=1S/C27H28N2O2S/c30-25(18-21-10-4-1-5-11-21)29-17-16-22(20-29)19-28-27(31)26(23-12-6-2-7-13-23)32-24-14-8-3-9-15-24/h1-15,22,26H,16-20H2,(H,28,31). The highest BCUT2D eigenvalue weighted by Crippen LogP contribution is 2.35. The minimum absolute atomic E-state index is 0.0131. The maximum Gasteiger partial charge on any atom is 0.238 e. The molecule has 1 N–H and O–H groups in total. The van der Waals surface area contributed by atoms with Crippen LogP contribution in [0.2, 0.25) is 0 Å². The first-order valence-electron chi connectivity index (χ1n) is 11.0. The lowest BCUT2D eigenvalue weighted by Crippen LogP contribution is -2.35. The van der Waals surface area contributed by atoms with Crippen molar-refractivity contribution in [2.24, 2.45) is 5.92 Å². The van der Waals surface area contributed by atoms with Crippen LogP contribution < -0.4 is 5.32 Å². The van der Waals surface area contributed by atoms with Gasteiger partial charge in [-0.2, -0.15) is 0 Å². The minimum Gasteiger partial charge on any atom is -0.354 e. The van der Waals surface area contributed by atoms with E-state index in [0.29, 0.717) is 19.5 Å². The third kappa shape index (κ3) is 6.01. The normalized spacial score (nSPS) is 16.5. The third-order valence-electron chi connectivity index (χ3n) is 5.74. The molecule has 3 aromatic rings. The van der Waals surface area contributed by atoms with Gasteiger partial charge in [-0.15, -0.1) is 11.8 Å². The first-order valence-corrected chi connectivity index (χ1v) is 11.9. The molecule has 0 saturated carbocycles. The van der Waals surface area contributed by atoms with Gasteiger partial charge >= 0.3 is 0 Å². The van der Waals surface area contributed by atoms with Gasteiger partial charge in [0.05, 0.1) is 6.42 Å². The number of nitrogens with zero attached hydrogens (tertiary/aromatic N) is 1. The van der Waals surface area contributed by atoms with Crippen molar-refractivity contribution < 1.29 is 9.59 Å². The molecule has 1 saturated heterocycles. The van der Waals surface area contributed by atoms with E-state index in [4.69, 9.17) is 0 Å². The summed E-state index contributed by atoms with van der Waals surface area (Å²) < 4.78 is 0. The van der Waals surface area contributed by atoms with Crippen LogP contribution in [-0.2, 0) is 16.0 Å². The molecule has 3 aromatic carbocycles. The highest BCUT2D eigenvalue weighted by molar-refractivity contribution is 8.00. The average Bonchev–Trinajstić information content (AvgIpc) is 3.32. The number of carbonyl (C=O) groups excluding carboxylic acids is 2. The van der Waals surface area contributed by atoms with Crippen molar-refractivity contribution in [3.05, 3.63) is 102 Å². The number of thioether (sulfide) groups is 1. The van der Waals surface area contributed by atoms with E-state index in [1.165, 1.54) is 0 Å². The van der Waals surface area contributed by atoms with Crippen molar-refractivity contribution in [2.75, 3.05) is 19.6 Å². The fraction of sp³-hybridized carbons (Fsp3) is 0.259. The maximum absolute atomic E-state index is 13.1. The first-order chi connectivity index (χ1) is 15.7. The second kappa shape index (κ2) is 11.0. The van der Waals surface area contributed by atoms with Crippen LogP contribution in [0.25, 0.3) is 0 Å². The Morgan fingerprint density at radius 1 is 0.906 bits per heavy atom. The summed E-state index contributed by atoms with van der Waals surface area (Å²) >= 11 is 1.56. The van der Waals surface area contributed by atoms with Crippen LogP contribution in [-0.4, -0.2) is 36.3 Å². The second-order valence-corrected chi connectivity index (χ2v) is 9.30. The summed E-state index contributed by atoms with van der Waals surface area (Å²) in [5.41, 5.74) is 2.03. The topological polar surface area (TPSA) is 49.4 Å². The van der Waals surface area contributed by atoms with E-state index in [0.717, 1.165) is 29.0 Å². The molecule has 5 heteroatoms. The van der Waals surface area contributed by atoms with Crippen molar-refractivity contribution in [3.63, 3.8) is 0 Å². The Kier molecular flexibility index (Phi) is 7.62. The van der Waals surface area contributed by atoms with Crippen LogP contribution in [0.4, 0.5) is 0 Å². The predicted molar refractivity (Wildman–Crippen MR) is 129 cm³/mol. The molecule has 164 valence electrons. The molecule has 2 atom stereocenters. The van der Waals surface area contributed by atoms with Crippen molar-refractivity contribution in [3.8, 4) is 0 Å². The summed E-state index contributed by atoms with van der Waals surface area (Å²) in [5.74, 6) is 0.461. The number of rotatable bonds is 8. The van der Waals surface area contributed by atoms with Gasteiger partial charge in [-0.25, -0.2) is 0 Å². The summed E-state index contributed by atoms with van der Waals surface area (Å²) in [4.78, 5) is 28.8. The highest BCUT2D eigenvalue weighted by atomic mass is 32.2. The molecule has 0 bridgehead atoms. The zero-order chi connectivity index (χ0) is 22.2. The summed E-state index contributed by atoms with van der Waals surface area (Å²) in [6.45, 7) is 2.05. The lowest BCUT2D eigenvalue weighted by atomic mass is 10.1. The van der Waals surface area contributed by atoms with Crippen molar-refractivity contribution in [1.82, 2.24) is 10.2 Å². The van der Waals surface area contributed by atoms with Gasteiger partial charge in [0.15, 0.2) is 0 Å². The number of nitrogens with one attached hydrogen (secondary N) is 1. The molecule has 2 unspecified atom stereocenters. The van der Waals surface area contributed by atoms with E-state index >= 15 is 0 Å². The number of likely N-dealkylation sites (tertiary alicyclic amines) is 1. The fourth-order valence-corrected chi connectivity index (χ4v) is 5.05. The number of amides is 2. The smallest absolute Gasteiger partial charge is 0.238 e.